The Hall–Kier alpha value is -2.14. The van der Waals surface area contributed by atoms with Gasteiger partial charge in [-0.25, -0.2) is 4.57 Å². The van der Waals surface area contributed by atoms with Gasteiger partial charge in [0.25, 0.3) is 0 Å². The lowest BCUT2D eigenvalue weighted by Gasteiger charge is -2.25. The maximum absolute atomic E-state index is 12.8. The molecule has 0 fully saturated rings. The minimum atomic E-state index is -4.40. The van der Waals surface area contributed by atoms with Crippen LogP contribution in [0.25, 0.3) is 0 Å². The number of unbranched alkanes of at least 4 members (excludes halogenated alkanes) is 10. The van der Waals surface area contributed by atoms with Crippen LogP contribution in [0.3, 0.4) is 0 Å². The minimum absolute atomic E-state index is 0.0130. The van der Waals surface area contributed by atoms with E-state index in [2.05, 4.69) is 31.3 Å². The standard InChI is InChI=1S/C43H77N2O8P/c1-6-8-10-11-12-13-14-15-16-17-21-24-28-34-42(48)41(38-53-54(50,51)52-37-36-45(3,4)5)44-43(49)35-29-33-40(47)32-27-23-20-18-19-22-26-31-39(46)30-25-9-7-2/h10-11,19-20,22-23,26-28,31-32,34,39-42,46-48H,6-9,12-18,21,24-25,29-30,33,35-38H2,1-5H3,(H-,44,49,50,51)/p+1/b11-10-,22-19-,23-20-,31-26+,32-27+,34-28+/t39-,40-,41+,42-/m1/s1. The third-order valence-corrected chi connectivity index (χ3v) is 9.56. The number of hydrogen-bond donors (Lipinski definition) is 5. The molecule has 0 saturated heterocycles. The average Bonchev–Trinajstić information content (AvgIpc) is 3.10. The van der Waals surface area contributed by atoms with E-state index in [4.69, 9.17) is 9.05 Å². The molecular weight excluding hydrogens is 703 g/mol. The highest BCUT2D eigenvalue weighted by Crippen LogP contribution is 2.43. The second-order valence-electron chi connectivity index (χ2n) is 15.0. The highest BCUT2D eigenvalue weighted by molar-refractivity contribution is 7.47. The van der Waals surface area contributed by atoms with Gasteiger partial charge in [-0.2, -0.15) is 0 Å². The quantitative estimate of drug-likeness (QED) is 0.0141. The highest BCUT2D eigenvalue weighted by atomic mass is 31.2. The van der Waals surface area contributed by atoms with Crippen LogP contribution in [0.15, 0.2) is 72.9 Å². The zero-order chi connectivity index (χ0) is 40.3. The lowest BCUT2D eigenvalue weighted by Crippen LogP contribution is -2.45. The van der Waals surface area contributed by atoms with Crippen molar-refractivity contribution in [1.82, 2.24) is 5.32 Å². The molecule has 0 saturated carbocycles. The van der Waals surface area contributed by atoms with Crippen LogP contribution in [0, 0.1) is 0 Å². The monoisotopic (exact) mass is 782 g/mol. The lowest BCUT2D eigenvalue weighted by molar-refractivity contribution is -0.870. The molecule has 0 aliphatic rings. The minimum Gasteiger partial charge on any atom is -0.389 e. The normalized spacial score (nSPS) is 16.4. The summed E-state index contributed by atoms with van der Waals surface area (Å²) < 4.78 is 23.4. The molecule has 312 valence electrons. The van der Waals surface area contributed by atoms with E-state index in [1.165, 1.54) is 32.1 Å². The van der Waals surface area contributed by atoms with Gasteiger partial charge in [0, 0.05) is 6.42 Å². The van der Waals surface area contributed by atoms with E-state index in [9.17, 15) is 29.6 Å². The highest BCUT2D eigenvalue weighted by Gasteiger charge is 2.27. The number of nitrogens with one attached hydrogen (secondary N) is 1. The molecule has 0 spiro atoms. The summed E-state index contributed by atoms with van der Waals surface area (Å²) in [5.41, 5.74) is 0. The van der Waals surface area contributed by atoms with Crippen LogP contribution in [0.5, 0.6) is 0 Å². The van der Waals surface area contributed by atoms with E-state index in [1.54, 1.807) is 24.3 Å². The summed E-state index contributed by atoms with van der Waals surface area (Å²) >= 11 is 0. The number of rotatable bonds is 35. The Morgan fingerprint density at radius 2 is 1.26 bits per heavy atom. The zero-order valence-corrected chi connectivity index (χ0v) is 35.3. The van der Waals surface area contributed by atoms with Crippen molar-refractivity contribution >= 4 is 13.7 Å². The van der Waals surface area contributed by atoms with Gasteiger partial charge in [-0.15, -0.1) is 0 Å². The summed E-state index contributed by atoms with van der Waals surface area (Å²) in [6, 6.07) is -0.960. The molecule has 0 aromatic carbocycles. The predicted molar refractivity (Wildman–Crippen MR) is 224 cm³/mol. The third-order valence-electron chi connectivity index (χ3n) is 8.58. The molecule has 0 heterocycles. The van der Waals surface area contributed by atoms with E-state index in [0.717, 1.165) is 57.8 Å². The Labute approximate surface area is 329 Å². The van der Waals surface area contributed by atoms with E-state index < -0.39 is 38.8 Å². The van der Waals surface area contributed by atoms with Crippen LogP contribution in [0.2, 0.25) is 0 Å². The molecule has 0 aliphatic carbocycles. The van der Waals surface area contributed by atoms with Gasteiger partial charge in [-0.05, 0) is 57.8 Å². The Morgan fingerprint density at radius 1 is 0.685 bits per heavy atom. The second kappa shape index (κ2) is 34.1. The summed E-state index contributed by atoms with van der Waals surface area (Å²) in [5, 5.41) is 33.9. The van der Waals surface area contributed by atoms with E-state index in [1.807, 2.05) is 57.6 Å². The van der Waals surface area contributed by atoms with Crippen LogP contribution in [-0.4, -0.2) is 95.9 Å². The van der Waals surface area contributed by atoms with E-state index in [0.29, 0.717) is 30.3 Å². The molecular formula is C43H78N2O8P+. The first-order valence-corrected chi connectivity index (χ1v) is 22.0. The van der Waals surface area contributed by atoms with Crippen LogP contribution in [0.4, 0.5) is 0 Å². The molecule has 0 aliphatic heterocycles. The fourth-order valence-corrected chi connectivity index (χ4v) is 5.93. The molecule has 1 unspecified atom stereocenters. The molecule has 5 atom stereocenters. The zero-order valence-electron chi connectivity index (χ0n) is 34.4. The number of amides is 1. The van der Waals surface area contributed by atoms with Crippen LogP contribution < -0.4 is 5.32 Å². The number of likely N-dealkylation sites (N-methyl/N-ethyl adjacent to an activating group) is 1. The average molecular weight is 782 g/mol. The second-order valence-corrected chi connectivity index (χ2v) is 16.5. The van der Waals surface area contributed by atoms with Crippen molar-refractivity contribution in [3.8, 4) is 0 Å². The predicted octanol–water partition coefficient (Wildman–Crippen LogP) is 8.79. The third kappa shape index (κ3) is 35.6. The molecule has 0 bridgehead atoms. The maximum Gasteiger partial charge on any atom is 0.472 e. The Bertz CT molecular complexity index is 1140. The Morgan fingerprint density at radius 3 is 1.85 bits per heavy atom. The number of carbonyl (C=O) groups is 1. The molecule has 11 heteroatoms. The number of aliphatic hydroxyl groups is 3. The van der Waals surface area contributed by atoms with Crippen LogP contribution in [-0.2, 0) is 18.4 Å². The van der Waals surface area contributed by atoms with Gasteiger partial charge in [-0.1, -0.05) is 138 Å². The summed E-state index contributed by atoms with van der Waals surface area (Å²) in [5.74, 6) is -0.360. The van der Waals surface area contributed by atoms with Crippen molar-refractivity contribution in [3.05, 3.63) is 72.9 Å². The smallest absolute Gasteiger partial charge is 0.389 e. The number of phosphoric acid groups is 1. The van der Waals surface area contributed by atoms with Crippen molar-refractivity contribution in [2.45, 2.75) is 154 Å². The largest absolute Gasteiger partial charge is 0.472 e. The number of phosphoric ester groups is 1. The van der Waals surface area contributed by atoms with Crippen molar-refractivity contribution < 1.29 is 43.1 Å². The molecule has 0 radical (unpaired) electrons. The molecule has 10 nitrogen and oxygen atoms in total. The summed E-state index contributed by atoms with van der Waals surface area (Å²) in [6.45, 7) is 4.43. The lowest BCUT2D eigenvalue weighted by atomic mass is 10.1. The van der Waals surface area contributed by atoms with Crippen molar-refractivity contribution in [3.63, 3.8) is 0 Å². The van der Waals surface area contributed by atoms with Crippen molar-refractivity contribution in [1.29, 1.82) is 0 Å². The van der Waals surface area contributed by atoms with Gasteiger partial charge in [0.2, 0.25) is 5.91 Å². The SMILES string of the molecule is CCC/C=C\CCCCCCCC/C=C/[C@@H](O)[C@H](COP(=O)(O)OCC[N+](C)(C)C)NC(=O)CCC[C@H](O)/C=C/C=C\C/C=C\C=C\[C@H](O)CCCCC. The number of aliphatic hydroxyl groups excluding tert-OH is 3. The molecule has 5 N–H and O–H groups in total. The molecule has 1 amide bonds. The molecule has 0 aromatic heterocycles. The number of allylic oxidation sites excluding steroid dienone is 9. The number of quaternary nitrogens is 1. The summed E-state index contributed by atoms with van der Waals surface area (Å²) in [4.78, 5) is 23.0. The van der Waals surface area contributed by atoms with Gasteiger partial charge in [0.15, 0.2) is 0 Å². The van der Waals surface area contributed by atoms with Gasteiger partial charge in [0.1, 0.15) is 13.2 Å². The van der Waals surface area contributed by atoms with Gasteiger partial charge in [-0.3, -0.25) is 13.8 Å². The Kier molecular flexibility index (Phi) is 32.8. The summed E-state index contributed by atoms with van der Waals surface area (Å²) in [7, 11) is 1.40. The van der Waals surface area contributed by atoms with Crippen molar-refractivity contribution in [2.24, 2.45) is 0 Å². The fourth-order valence-electron chi connectivity index (χ4n) is 5.20. The van der Waals surface area contributed by atoms with Crippen LogP contribution >= 0.6 is 7.82 Å². The summed E-state index contributed by atoms with van der Waals surface area (Å²) in [6.07, 6.45) is 37.5. The van der Waals surface area contributed by atoms with Crippen LogP contribution in [0.1, 0.15) is 129 Å². The number of hydrogen-bond acceptors (Lipinski definition) is 7. The molecule has 0 rings (SSSR count). The van der Waals surface area contributed by atoms with E-state index in [-0.39, 0.29) is 18.9 Å². The Balaban J connectivity index is 4.78. The number of carbonyl (C=O) groups excluding carboxylic acids is 1. The first-order valence-electron chi connectivity index (χ1n) is 20.5. The molecule has 0 aromatic rings. The van der Waals surface area contributed by atoms with Gasteiger partial charge in [0.05, 0.1) is 52.1 Å². The molecule has 54 heavy (non-hydrogen) atoms. The first-order chi connectivity index (χ1) is 25.8. The van der Waals surface area contributed by atoms with E-state index >= 15 is 0 Å². The first kappa shape index (κ1) is 51.9. The fraction of sp³-hybridized carbons (Fsp3) is 0.698. The van der Waals surface area contributed by atoms with Gasteiger partial charge < -0.3 is 30.0 Å². The number of nitrogens with zero attached hydrogens (tertiary/aromatic N) is 1. The maximum atomic E-state index is 12.8. The topological polar surface area (TPSA) is 146 Å². The van der Waals surface area contributed by atoms with Gasteiger partial charge >= 0.3 is 7.82 Å². The van der Waals surface area contributed by atoms with Crippen molar-refractivity contribution in [2.75, 3.05) is 40.9 Å².